The maximum absolute atomic E-state index is 13.8. The molecule has 0 aliphatic carbocycles. The van der Waals surface area contributed by atoms with E-state index in [-0.39, 0.29) is 18.0 Å². The van der Waals surface area contributed by atoms with Gasteiger partial charge in [0.15, 0.2) is 0 Å². The van der Waals surface area contributed by atoms with E-state index < -0.39 is 5.41 Å². The first kappa shape index (κ1) is 26.1. The Kier molecular flexibility index (Phi) is 7.89. The summed E-state index contributed by atoms with van der Waals surface area (Å²) in [7, 11) is 0. The van der Waals surface area contributed by atoms with Crippen molar-refractivity contribution < 1.29 is 9.59 Å². The molecule has 1 N–H and O–H groups in total. The number of piperazine rings is 1. The number of rotatable bonds is 5. The molecule has 0 unspecified atom stereocenters. The van der Waals surface area contributed by atoms with Gasteiger partial charge in [0.2, 0.25) is 5.91 Å². The van der Waals surface area contributed by atoms with Gasteiger partial charge in [-0.2, -0.15) is 0 Å². The number of anilines is 1. The minimum Gasteiger partial charge on any atom is -0.368 e. The number of nitrogens with one attached hydrogen (secondary N) is 1. The zero-order valence-corrected chi connectivity index (χ0v) is 22.6. The van der Waals surface area contributed by atoms with Gasteiger partial charge in [-0.25, -0.2) is 4.79 Å². The van der Waals surface area contributed by atoms with Gasteiger partial charge in [0.25, 0.3) is 0 Å². The van der Waals surface area contributed by atoms with Crippen LogP contribution in [0.25, 0.3) is 0 Å². The van der Waals surface area contributed by atoms with E-state index in [9.17, 15) is 9.59 Å². The minimum atomic E-state index is -0.658. The number of amides is 3. The normalized spacial score (nSPS) is 18.1. The molecule has 3 aromatic carbocycles. The van der Waals surface area contributed by atoms with Crippen LogP contribution in [0.3, 0.4) is 0 Å². The van der Waals surface area contributed by atoms with E-state index in [1.807, 2.05) is 102 Å². The molecule has 0 saturated carbocycles. The number of carbonyl (C=O) groups excluding carboxylic acids is 2. The SMILES string of the molecule is C[C@H](NC(=O)C1(c2ccccc2)CCN(C(=O)N2CCN(c3ccc(Cl)cc3)CC2)CC1)c1ccccc1. The predicted molar refractivity (Wildman–Crippen MR) is 153 cm³/mol. The molecule has 0 bridgehead atoms. The topological polar surface area (TPSA) is 55.9 Å². The summed E-state index contributed by atoms with van der Waals surface area (Å²) < 4.78 is 0. The number of benzene rings is 3. The summed E-state index contributed by atoms with van der Waals surface area (Å²) in [5.41, 5.74) is 2.56. The Bertz CT molecular complexity index is 1220. The van der Waals surface area contributed by atoms with Crippen LogP contribution in [-0.4, -0.2) is 61.0 Å². The van der Waals surface area contributed by atoms with Crippen LogP contribution in [0.4, 0.5) is 10.5 Å². The highest BCUT2D eigenvalue weighted by molar-refractivity contribution is 6.30. The van der Waals surface area contributed by atoms with Gasteiger partial charge < -0.3 is 20.0 Å². The molecular weight excluding hydrogens is 496 g/mol. The first-order valence-electron chi connectivity index (χ1n) is 13.4. The van der Waals surface area contributed by atoms with E-state index in [0.29, 0.717) is 39.0 Å². The monoisotopic (exact) mass is 530 g/mol. The molecule has 7 heteroatoms. The van der Waals surface area contributed by atoms with Crippen molar-refractivity contribution in [1.82, 2.24) is 15.1 Å². The maximum atomic E-state index is 13.8. The van der Waals surface area contributed by atoms with Crippen molar-refractivity contribution in [3.05, 3.63) is 101 Å². The molecule has 2 aliphatic heterocycles. The number of hydrogen-bond donors (Lipinski definition) is 1. The Hall–Kier alpha value is -3.51. The zero-order chi connectivity index (χ0) is 26.5. The summed E-state index contributed by atoms with van der Waals surface area (Å²) in [4.78, 5) is 33.4. The Morgan fingerprint density at radius 1 is 0.763 bits per heavy atom. The van der Waals surface area contributed by atoms with Gasteiger partial charge in [-0.1, -0.05) is 72.3 Å². The molecule has 0 radical (unpaired) electrons. The standard InChI is InChI=1S/C31H35ClN4O2/c1-24(25-8-4-2-5-9-25)33-29(37)31(26-10-6-3-7-11-26)16-18-35(19-17-31)30(38)36-22-20-34(21-23-36)28-14-12-27(32)13-15-28/h2-15,24H,16-23H2,1H3,(H,33,37)/t24-/m0/s1. The fourth-order valence-corrected chi connectivity index (χ4v) is 5.78. The minimum absolute atomic E-state index is 0.0312. The predicted octanol–water partition coefficient (Wildman–Crippen LogP) is 5.49. The van der Waals surface area contributed by atoms with Crippen LogP contribution < -0.4 is 10.2 Å². The summed E-state index contributed by atoms with van der Waals surface area (Å²) in [5.74, 6) is 0.0312. The summed E-state index contributed by atoms with van der Waals surface area (Å²) in [6.07, 6.45) is 1.20. The van der Waals surface area contributed by atoms with Crippen LogP contribution in [0.1, 0.15) is 36.9 Å². The number of nitrogens with zero attached hydrogens (tertiary/aromatic N) is 3. The lowest BCUT2D eigenvalue weighted by molar-refractivity contribution is -0.129. The molecule has 1 atom stereocenters. The lowest BCUT2D eigenvalue weighted by Crippen LogP contribution is -2.57. The third-order valence-electron chi connectivity index (χ3n) is 8.04. The average molecular weight is 531 g/mol. The second-order valence-electron chi connectivity index (χ2n) is 10.3. The van der Waals surface area contributed by atoms with Gasteiger partial charge >= 0.3 is 6.03 Å². The fourth-order valence-electron chi connectivity index (χ4n) is 5.65. The van der Waals surface area contributed by atoms with Crippen molar-refractivity contribution in [2.75, 3.05) is 44.2 Å². The molecule has 38 heavy (non-hydrogen) atoms. The highest BCUT2D eigenvalue weighted by Gasteiger charge is 2.44. The molecule has 2 heterocycles. The molecule has 2 aliphatic rings. The first-order chi connectivity index (χ1) is 18.5. The molecule has 6 nitrogen and oxygen atoms in total. The highest BCUT2D eigenvalue weighted by Crippen LogP contribution is 2.37. The van der Waals surface area contributed by atoms with Crippen LogP contribution in [0.5, 0.6) is 0 Å². The van der Waals surface area contributed by atoms with E-state index >= 15 is 0 Å². The summed E-state index contributed by atoms with van der Waals surface area (Å²) >= 11 is 6.03. The largest absolute Gasteiger partial charge is 0.368 e. The summed E-state index contributed by atoms with van der Waals surface area (Å²) in [6, 6.07) is 27.9. The third kappa shape index (κ3) is 5.51. The number of hydrogen-bond acceptors (Lipinski definition) is 3. The van der Waals surface area contributed by atoms with Gasteiger partial charge in [-0.15, -0.1) is 0 Å². The quantitative estimate of drug-likeness (QED) is 0.474. The smallest absolute Gasteiger partial charge is 0.320 e. The Balaban J connectivity index is 1.23. The molecule has 3 aromatic rings. The Morgan fingerprint density at radius 3 is 1.92 bits per heavy atom. The fraction of sp³-hybridized carbons (Fsp3) is 0.355. The second-order valence-corrected chi connectivity index (χ2v) is 10.7. The van der Waals surface area contributed by atoms with Crippen LogP contribution in [-0.2, 0) is 10.2 Å². The van der Waals surface area contributed by atoms with Crippen LogP contribution in [0.15, 0.2) is 84.9 Å². The van der Waals surface area contributed by atoms with Crippen LogP contribution in [0, 0.1) is 0 Å². The second kappa shape index (κ2) is 11.5. The van der Waals surface area contributed by atoms with Gasteiger partial charge in [0.05, 0.1) is 11.5 Å². The van der Waals surface area contributed by atoms with Crippen molar-refractivity contribution >= 4 is 29.2 Å². The maximum Gasteiger partial charge on any atom is 0.320 e. The third-order valence-corrected chi connectivity index (χ3v) is 8.29. The van der Waals surface area contributed by atoms with Gasteiger partial charge in [0, 0.05) is 50.0 Å². The lowest BCUT2D eigenvalue weighted by atomic mass is 9.71. The molecular formula is C31H35ClN4O2. The number of piperidine rings is 1. The van der Waals surface area contributed by atoms with Crippen LogP contribution in [0.2, 0.25) is 5.02 Å². The van der Waals surface area contributed by atoms with Gasteiger partial charge in [0.1, 0.15) is 0 Å². The van der Waals surface area contributed by atoms with Crippen molar-refractivity contribution in [1.29, 1.82) is 0 Å². The van der Waals surface area contributed by atoms with E-state index in [4.69, 9.17) is 11.6 Å². The molecule has 0 spiro atoms. The number of urea groups is 1. The van der Waals surface area contributed by atoms with Crippen molar-refractivity contribution in [3.8, 4) is 0 Å². The number of halogens is 1. The average Bonchev–Trinajstić information content (AvgIpc) is 2.98. The Labute approximate surface area is 230 Å². The first-order valence-corrected chi connectivity index (χ1v) is 13.8. The van der Waals surface area contributed by atoms with Crippen LogP contribution >= 0.6 is 11.6 Å². The Morgan fingerprint density at radius 2 is 1.32 bits per heavy atom. The van der Waals surface area contributed by atoms with E-state index in [2.05, 4.69) is 10.2 Å². The van der Waals surface area contributed by atoms with E-state index in [1.54, 1.807) is 0 Å². The lowest BCUT2D eigenvalue weighted by Gasteiger charge is -2.44. The number of carbonyl (C=O) groups is 2. The highest BCUT2D eigenvalue weighted by atomic mass is 35.5. The molecule has 5 rings (SSSR count). The van der Waals surface area contributed by atoms with E-state index in [0.717, 1.165) is 34.9 Å². The molecule has 198 valence electrons. The van der Waals surface area contributed by atoms with Gasteiger partial charge in [-0.05, 0) is 55.2 Å². The summed E-state index contributed by atoms with van der Waals surface area (Å²) in [6.45, 7) is 6.06. The molecule has 2 saturated heterocycles. The van der Waals surface area contributed by atoms with Gasteiger partial charge in [-0.3, -0.25) is 4.79 Å². The zero-order valence-electron chi connectivity index (χ0n) is 21.9. The molecule has 0 aromatic heterocycles. The molecule has 2 fully saturated rings. The number of likely N-dealkylation sites (tertiary alicyclic amines) is 1. The van der Waals surface area contributed by atoms with Crippen molar-refractivity contribution in [3.63, 3.8) is 0 Å². The van der Waals surface area contributed by atoms with E-state index in [1.165, 1.54) is 0 Å². The van der Waals surface area contributed by atoms with Crippen molar-refractivity contribution in [2.24, 2.45) is 0 Å². The van der Waals surface area contributed by atoms with Crippen molar-refractivity contribution in [2.45, 2.75) is 31.2 Å². The summed E-state index contributed by atoms with van der Waals surface area (Å²) in [5, 5.41) is 3.99. The molecule has 3 amide bonds.